The van der Waals surface area contributed by atoms with Crippen molar-refractivity contribution in [3.05, 3.63) is 42.0 Å². The van der Waals surface area contributed by atoms with E-state index >= 15 is 0 Å². The van der Waals surface area contributed by atoms with Gasteiger partial charge in [0, 0.05) is 43.7 Å². The zero-order chi connectivity index (χ0) is 26.9. The second-order valence-corrected chi connectivity index (χ2v) is 9.98. The van der Waals surface area contributed by atoms with Crippen molar-refractivity contribution in [2.24, 2.45) is 5.92 Å². The number of fused-ring (bicyclic) bond motifs is 1. The molecule has 2 N–H and O–H groups in total. The average molecular weight is 522 g/mol. The Morgan fingerprint density at radius 1 is 0.895 bits per heavy atom. The third-order valence-electron chi connectivity index (χ3n) is 6.94. The van der Waals surface area contributed by atoms with E-state index in [1.165, 1.54) is 12.8 Å². The average Bonchev–Trinajstić information content (AvgIpc) is 2.91. The number of benzene rings is 2. The van der Waals surface area contributed by atoms with Gasteiger partial charge in [0.15, 0.2) is 11.5 Å². The number of aromatic nitrogens is 2. The normalized spacial score (nSPS) is 17.3. The Hall–Kier alpha value is -3.26. The van der Waals surface area contributed by atoms with Crippen LogP contribution in [0.4, 0.5) is 11.8 Å². The minimum atomic E-state index is 0.392. The molecule has 206 valence electrons. The highest BCUT2D eigenvalue weighted by Gasteiger charge is 2.23. The summed E-state index contributed by atoms with van der Waals surface area (Å²) in [6, 6.07) is 12.6. The topological polar surface area (TPSA) is 80.8 Å². The Balaban J connectivity index is 1.32. The highest BCUT2D eigenvalue weighted by Crippen LogP contribution is 2.36. The van der Waals surface area contributed by atoms with Crippen LogP contribution in [0.15, 0.2) is 36.4 Å². The molecule has 2 aromatic carbocycles. The molecule has 8 heteroatoms. The summed E-state index contributed by atoms with van der Waals surface area (Å²) in [7, 11) is 4.05. The first-order valence-electron chi connectivity index (χ1n) is 14.0. The van der Waals surface area contributed by atoms with Gasteiger partial charge in [-0.25, -0.2) is 4.98 Å². The van der Waals surface area contributed by atoms with Gasteiger partial charge in [-0.2, -0.15) is 4.98 Å². The van der Waals surface area contributed by atoms with Gasteiger partial charge in [0.2, 0.25) is 5.95 Å². The number of nitrogens with zero attached hydrogens (tertiary/aromatic N) is 3. The van der Waals surface area contributed by atoms with E-state index in [-0.39, 0.29) is 0 Å². The van der Waals surface area contributed by atoms with Gasteiger partial charge < -0.3 is 29.7 Å². The van der Waals surface area contributed by atoms with E-state index in [2.05, 4.69) is 33.7 Å². The molecule has 1 aliphatic rings. The summed E-state index contributed by atoms with van der Waals surface area (Å²) in [5.74, 6) is 4.68. The number of para-hydroxylation sites is 1. The molecule has 0 spiro atoms. The first-order valence-corrected chi connectivity index (χ1v) is 14.0. The van der Waals surface area contributed by atoms with Crippen LogP contribution in [0.1, 0.15) is 52.0 Å². The summed E-state index contributed by atoms with van der Waals surface area (Å²) in [4.78, 5) is 11.7. The summed E-state index contributed by atoms with van der Waals surface area (Å²) in [6.45, 7) is 9.46. The van der Waals surface area contributed by atoms with Crippen LogP contribution < -0.4 is 29.7 Å². The predicted molar refractivity (Wildman–Crippen MR) is 155 cm³/mol. The van der Waals surface area contributed by atoms with Crippen molar-refractivity contribution >= 4 is 22.7 Å². The van der Waals surface area contributed by atoms with E-state index in [1.54, 1.807) is 0 Å². The van der Waals surface area contributed by atoms with Gasteiger partial charge >= 0.3 is 0 Å². The molecule has 1 aromatic heterocycles. The molecule has 38 heavy (non-hydrogen) atoms. The SMILES string of the molecule is CCOc1cc(CNC[C@H]2CC[C@@H](Nc3nc(N(C)C)c4ccccc4n3)CC2)c(OCC)c(OCC)c1. The highest BCUT2D eigenvalue weighted by atomic mass is 16.5. The standard InChI is InChI=1S/C30H43N5O3/c1-6-36-24-17-22(28(38-8-3)27(18-24)37-7-2)20-31-19-21-13-15-23(16-14-21)32-30-33-26-12-10-9-11-25(26)29(34-30)35(4)5/h9-12,17-18,21,23,31H,6-8,13-16,19-20H2,1-5H3,(H,32,33,34)/t21-,23+. The van der Waals surface area contributed by atoms with Gasteiger partial charge in [-0.05, 0) is 77.1 Å². The molecule has 8 nitrogen and oxygen atoms in total. The van der Waals surface area contributed by atoms with Crippen molar-refractivity contribution < 1.29 is 14.2 Å². The molecule has 0 atom stereocenters. The fourth-order valence-corrected chi connectivity index (χ4v) is 5.15. The third kappa shape index (κ3) is 6.98. The monoisotopic (exact) mass is 521 g/mol. The number of rotatable bonds is 13. The van der Waals surface area contributed by atoms with Crippen molar-refractivity contribution in [1.82, 2.24) is 15.3 Å². The van der Waals surface area contributed by atoms with E-state index in [4.69, 9.17) is 24.2 Å². The first-order chi connectivity index (χ1) is 18.5. The summed E-state index contributed by atoms with van der Waals surface area (Å²) in [6.07, 6.45) is 4.55. The molecule has 1 saturated carbocycles. The van der Waals surface area contributed by atoms with Gasteiger partial charge in [0.05, 0.1) is 25.3 Å². The van der Waals surface area contributed by atoms with Gasteiger partial charge in [-0.1, -0.05) is 12.1 Å². The quantitative estimate of drug-likeness (QED) is 0.299. The smallest absolute Gasteiger partial charge is 0.225 e. The summed E-state index contributed by atoms with van der Waals surface area (Å²) in [5.41, 5.74) is 2.04. The van der Waals surface area contributed by atoms with Crippen molar-refractivity contribution in [2.45, 2.75) is 59.0 Å². The van der Waals surface area contributed by atoms with Crippen LogP contribution in [0.2, 0.25) is 0 Å². The second kappa shape index (κ2) is 13.5. The van der Waals surface area contributed by atoms with Crippen LogP contribution in [0.5, 0.6) is 17.2 Å². The van der Waals surface area contributed by atoms with Crippen LogP contribution in [-0.4, -0.2) is 56.5 Å². The molecule has 4 rings (SSSR count). The lowest BCUT2D eigenvalue weighted by Gasteiger charge is -2.29. The van der Waals surface area contributed by atoms with E-state index < -0.39 is 0 Å². The van der Waals surface area contributed by atoms with Crippen molar-refractivity contribution in [2.75, 3.05) is 50.7 Å². The molecule has 1 aliphatic carbocycles. The molecule has 0 amide bonds. The number of ether oxygens (including phenoxy) is 3. The Morgan fingerprint density at radius 2 is 1.63 bits per heavy atom. The minimum absolute atomic E-state index is 0.392. The van der Waals surface area contributed by atoms with Gasteiger partial charge in [-0.3, -0.25) is 0 Å². The molecule has 0 bridgehead atoms. The maximum absolute atomic E-state index is 5.97. The van der Waals surface area contributed by atoms with Crippen molar-refractivity contribution in [3.8, 4) is 17.2 Å². The third-order valence-corrected chi connectivity index (χ3v) is 6.94. The molecular formula is C30H43N5O3. The maximum atomic E-state index is 5.97. The Bertz CT molecular complexity index is 1180. The summed E-state index contributed by atoms with van der Waals surface area (Å²) < 4.78 is 17.6. The van der Waals surface area contributed by atoms with E-state index in [1.807, 2.05) is 53.1 Å². The van der Waals surface area contributed by atoms with Crippen molar-refractivity contribution in [3.63, 3.8) is 0 Å². The zero-order valence-corrected chi connectivity index (χ0v) is 23.5. The number of hydrogen-bond acceptors (Lipinski definition) is 8. The Kier molecular flexibility index (Phi) is 9.87. The molecule has 1 fully saturated rings. The molecular weight excluding hydrogens is 478 g/mol. The van der Waals surface area contributed by atoms with Crippen molar-refractivity contribution in [1.29, 1.82) is 0 Å². The Labute approximate surface area is 227 Å². The van der Waals surface area contributed by atoms with E-state index in [9.17, 15) is 0 Å². The predicted octanol–water partition coefficient (Wildman–Crippen LogP) is 5.65. The lowest BCUT2D eigenvalue weighted by molar-refractivity contribution is 0.278. The van der Waals surface area contributed by atoms with Crippen LogP contribution in [0, 0.1) is 5.92 Å². The van der Waals surface area contributed by atoms with E-state index in [0.717, 1.165) is 64.9 Å². The summed E-state index contributed by atoms with van der Waals surface area (Å²) >= 11 is 0. The minimum Gasteiger partial charge on any atom is -0.494 e. The highest BCUT2D eigenvalue weighted by molar-refractivity contribution is 5.90. The fraction of sp³-hybridized carbons (Fsp3) is 0.533. The lowest BCUT2D eigenvalue weighted by Crippen LogP contribution is -2.31. The molecule has 0 radical (unpaired) electrons. The molecule has 0 saturated heterocycles. The summed E-state index contributed by atoms with van der Waals surface area (Å²) in [5, 5.41) is 8.36. The van der Waals surface area contributed by atoms with Crippen LogP contribution in [-0.2, 0) is 6.54 Å². The lowest BCUT2D eigenvalue weighted by atomic mass is 9.86. The van der Waals surface area contributed by atoms with Crippen LogP contribution in [0.25, 0.3) is 10.9 Å². The molecule has 3 aromatic rings. The number of anilines is 2. The number of nitrogens with one attached hydrogen (secondary N) is 2. The largest absolute Gasteiger partial charge is 0.494 e. The van der Waals surface area contributed by atoms with Crippen LogP contribution >= 0.6 is 0 Å². The van der Waals surface area contributed by atoms with Gasteiger partial charge in [-0.15, -0.1) is 0 Å². The van der Waals surface area contributed by atoms with Gasteiger partial charge in [0.1, 0.15) is 11.6 Å². The second-order valence-electron chi connectivity index (χ2n) is 9.98. The zero-order valence-electron chi connectivity index (χ0n) is 23.5. The van der Waals surface area contributed by atoms with E-state index in [0.29, 0.717) is 38.3 Å². The maximum Gasteiger partial charge on any atom is 0.225 e. The fourth-order valence-electron chi connectivity index (χ4n) is 5.15. The Morgan fingerprint density at radius 3 is 2.34 bits per heavy atom. The number of hydrogen-bond donors (Lipinski definition) is 2. The van der Waals surface area contributed by atoms with Gasteiger partial charge in [0.25, 0.3) is 0 Å². The first kappa shape index (κ1) is 27.8. The molecule has 0 aliphatic heterocycles. The molecule has 1 heterocycles. The van der Waals surface area contributed by atoms with Crippen LogP contribution in [0.3, 0.4) is 0 Å². The molecule has 0 unspecified atom stereocenters.